The quantitative estimate of drug-likeness (QED) is 0.552. The van der Waals surface area contributed by atoms with E-state index in [1.807, 2.05) is 0 Å². The molecule has 8 nitrogen and oxygen atoms in total. The Morgan fingerprint density at radius 1 is 1.03 bits per heavy atom. The van der Waals surface area contributed by atoms with Crippen molar-refractivity contribution in [1.29, 1.82) is 0 Å². The highest BCUT2D eigenvalue weighted by Crippen LogP contribution is 2.35. The minimum absolute atomic E-state index is 0.0358. The van der Waals surface area contributed by atoms with Crippen molar-refractivity contribution in [3.05, 3.63) is 71.2 Å². The van der Waals surface area contributed by atoms with Crippen molar-refractivity contribution >= 4 is 17.5 Å². The lowest BCUT2D eigenvalue weighted by Gasteiger charge is -2.14. The number of halogens is 4. The number of hydrogen-bond acceptors (Lipinski definition) is 6. The van der Waals surface area contributed by atoms with Gasteiger partial charge in [0.1, 0.15) is 11.4 Å². The summed E-state index contributed by atoms with van der Waals surface area (Å²) in [5.41, 5.74) is 3.22. The second kappa shape index (κ2) is 8.88. The van der Waals surface area contributed by atoms with E-state index in [4.69, 9.17) is 15.2 Å². The molecule has 1 heterocycles. The monoisotopic (exact) mass is 450 g/mol. The molecule has 0 aliphatic rings. The van der Waals surface area contributed by atoms with Gasteiger partial charge in [0.25, 0.3) is 11.8 Å². The van der Waals surface area contributed by atoms with Gasteiger partial charge in [0, 0.05) is 17.3 Å². The SMILES string of the molecule is COc1ccc(F)cc1Oc1nnc(C(F)(F)F)cc1C(=O)Nc1cccc(C(N)=O)c1. The van der Waals surface area contributed by atoms with Crippen molar-refractivity contribution in [2.45, 2.75) is 6.18 Å². The molecule has 166 valence electrons. The standard InChI is InChI=1S/C20H14F4N4O4/c1-31-14-6-5-11(21)8-15(14)32-19-13(9-16(27-28-19)20(22,23)24)18(30)26-12-4-2-3-10(7-12)17(25)29/h2-9H,1H3,(H2,25,29)(H,26,30). The van der Waals surface area contributed by atoms with Gasteiger partial charge in [0.15, 0.2) is 17.2 Å². The van der Waals surface area contributed by atoms with Crippen LogP contribution in [0.4, 0.5) is 23.2 Å². The second-order valence-corrected chi connectivity index (χ2v) is 6.24. The van der Waals surface area contributed by atoms with Crippen LogP contribution in [-0.4, -0.2) is 29.1 Å². The number of benzene rings is 2. The van der Waals surface area contributed by atoms with Crippen LogP contribution in [0.15, 0.2) is 48.5 Å². The number of anilines is 1. The van der Waals surface area contributed by atoms with Crippen molar-refractivity contribution in [1.82, 2.24) is 10.2 Å². The lowest BCUT2D eigenvalue weighted by molar-refractivity contribution is -0.141. The lowest BCUT2D eigenvalue weighted by Crippen LogP contribution is -2.18. The first-order valence-electron chi connectivity index (χ1n) is 8.76. The number of nitrogens with zero attached hydrogens (tertiary/aromatic N) is 2. The summed E-state index contributed by atoms with van der Waals surface area (Å²) in [6.07, 6.45) is -4.90. The number of rotatable bonds is 6. The summed E-state index contributed by atoms with van der Waals surface area (Å²) in [4.78, 5) is 24.1. The molecule has 0 atom stereocenters. The van der Waals surface area contributed by atoms with Crippen molar-refractivity contribution in [2.75, 3.05) is 12.4 Å². The van der Waals surface area contributed by atoms with E-state index in [0.29, 0.717) is 6.07 Å². The van der Waals surface area contributed by atoms with Gasteiger partial charge in [0.2, 0.25) is 5.91 Å². The van der Waals surface area contributed by atoms with E-state index in [1.54, 1.807) is 0 Å². The molecule has 2 amide bonds. The van der Waals surface area contributed by atoms with Crippen LogP contribution in [0.2, 0.25) is 0 Å². The Morgan fingerprint density at radius 3 is 2.44 bits per heavy atom. The van der Waals surface area contributed by atoms with Gasteiger partial charge in [-0.1, -0.05) is 6.07 Å². The van der Waals surface area contributed by atoms with E-state index >= 15 is 0 Å². The van der Waals surface area contributed by atoms with Gasteiger partial charge in [0.05, 0.1) is 7.11 Å². The zero-order valence-electron chi connectivity index (χ0n) is 16.2. The van der Waals surface area contributed by atoms with Crippen LogP contribution >= 0.6 is 0 Å². The maximum absolute atomic E-state index is 13.6. The molecular formula is C20H14F4N4O4. The van der Waals surface area contributed by atoms with E-state index in [1.165, 1.54) is 37.4 Å². The summed E-state index contributed by atoms with van der Waals surface area (Å²) in [6.45, 7) is 0. The van der Waals surface area contributed by atoms with Crippen LogP contribution in [0.3, 0.4) is 0 Å². The Morgan fingerprint density at radius 2 is 1.78 bits per heavy atom. The van der Waals surface area contributed by atoms with Gasteiger partial charge >= 0.3 is 6.18 Å². The first kappa shape index (κ1) is 22.5. The molecule has 0 saturated carbocycles. The summed E-state index contributed by atoms with van der Waals surface area (Å²) in [7, 11) is 1.26. The van der Waals surface area contributed by atoms with Gasteiger partial charge in [-0.25, -0.2) is 4.39 Å². The molecule has 3 aromatic rings. The first-order valence-corrected chi connectivity index (χ1v) is 8.76. The highest BCUT2D eigenvalue weighted by Gasteiger charge is 2.35. The van der Waals surface area contributed by atoms with Gasteiger partial charge in [-0.3, -0.25) is 9.59 Å². The van der Waals surface area contributed by atoms with Gasteiger partial charge in [-0.05, 0) is 36.4 Å². The molecule has 0 fully saturated rings. The fourth-order valence-electron chi connectivity index (χ4n) is 2.54. The van der Waals surface area contributed by atoms with Crippen LogP contribution in [0.5, 0.6) is 17.4 Å². The van der Waals surface area contributed by atoms with E-state index in [2.05, 4.69) is 15.5 Å². The fraction of sp³-hybridized carbons (Fsp3) is 0.100. The Balaban J connectivity index is 2.02. The average molecular weight is 450 g/mol. The van der Waals surface area contributed by atoms with Gasteiger partial charge in [-0.15, -0.1) is 10.2 Å². The van der Waals surface area contributed by atoms with Crippen LogP contribution in [0, 0.1) is 5.82 Å². The van der Waals surface area contributed by atoms with Crippen molar-refractivity contribution in [2.24, 2.45) is 5.73 Å². The van der Waals surface area contributed by atoms with Crippen molar-refractivity contribution < 1.29 is 36.6 Å². The maximum Gasteiger partial charge on any atom is 0.435 e. The fourth-order valence-corrected chi connectivity index (χ4v) is 2.54. The molecule has 0 saturated heterocycles. The average Bonchev–Trinajstić information content (AvgIpc) is 2.73. The molecule has 12 heteroatoms. The molecule has 0 aliphatic carbocycles. The molecule has 2 aromatic carbocycles. The summed E-state index contributed by atoms with van der Waals surface area (Å²) >= 11 is 0. The van der Waals surface area contributed by atoms with Crippen LogP contribution in [0.25, 0.3) is 0 Å². The van der Waals surface area contributed by atoms with Crippen molar-refractivity contribution in [3.63, 3.8) is 0 Å². The molecule has 0 radical (unpaired) electrons. The highest BCUT2D eigenvalue weighted by molar-refractivity contribution is 6.06. The van der Waals surface area contributed by atoms with Crippen molar-refractivity contribution in [3.8, 4) is 17.4 Å². The third kappa shape index (κ3) is 5.09. The maximum atomic E-state index is 13.6. The molecular weight excluding hydrogens is 436 g/mol. The highest BCUT2D eigenvalue weighted by atomic mass is 19.4. The number of carbonyl (C=O) groups is 2. The molecule has 3 N–H and O–H groups in total. The van der Waals surface area contributed by atoms with E-state index in [0.717, 1.165) is 12.1 Å². The summed E-state index contributed by atoms with van der Waals surface area (Å²) in [5.74, 6) is -3.40. The van der Waals surface area contributed by atoms with E-state index in [-0.39, 0.29) is 22.7 Å². The van der Waals surface area contributed by atoms with Crippen LogP contribution in [-0.2, 0) is 6.18 Å². The largest absolute Gasteiger partial charge is 0.493 e. The topological polar surface area (TPSA) is 116 Å². The third-order valence-corrected chi connectivity index (χ3v) is 4.03. The minimum atomic E-state index is -4.90. The Kier molecular flexibility index (Phi) is 6.23. The number of primary amides is 1. The predicted octanol–water partition coefficient (Wildman–Crippen LogP) is 3.79. The normalized spacial score (nSPS) is 11.0. The lowest BCUT2D eigenvalue weighted by atomic mass is 10.1. The number of ether oxygens (including phenoxy) is 2. The molecule has 0 unspecified atom stereocenters. The molecule has 1 aromatic heterocycles. The third-order valence-electron chi connectivity index (χ3n) is 4.03. The molecule has 0 spiro atoms. The van der Waals surface area contributed by atoms with E-state index < -0.39 is 40.9 Å². The molecule has 32 heavy (non-hydrogen) atoms. The van der Waals surface area contributed by atoms with E-state index in [9.17, 15) is 27.2 Å². The number of aromatic nitrogens is 2. The zero-order valence-corrected chi connectivity index (χ0v) is 16.2. The number of amides is 2. The second-order valence-electron chi connectivity index (χ2n) is 6.24. The number of nitrogens with one attached hydrogen (secondary N) is 1. The molecule has 0 aliphatic heterocycles. The minimum Gasteiger partial charge on any atom is -0.493 e. The number of methoxy groups -OCH3 is 1. The van der Waals surface area contributed by atoms with Gasteiger partial charge < -0.3 is 20.5 Å². The van der Waals surface area contributed by atoms with Crippen LogP contribution in [0.1, 0.15) is 26.4 Å². The smallest absolute Gasteiger partial charge is 0.435 e. The number of nitrogens with two attached hydrogens (primary N) is 1. The van der Waals surface area contributed by atoms with Gasteiger partial charge in [-0.2, -0.15) is 13.2 Å². The Labute approximate surface area is 178 Å². The number of alkyl halides is 3. The summed E-state index contributed by atoms with van der Waals surface area (Å²) in [5, 5.41) is 8.72. The zero-order chi connectivity index (χ0) is 23.5. The first-order chi connectivity index (χ1) is 15.1. The molecule has 3 rings (SSSR count). The van der Waals surface area contributed by atoms with Crippen LogP contribution < -0.4 is 20.5 Å². The summed E-state index contributed by atoms with van der Waals surface area (Å²) < 4.78 is 63.4. The predicted molar refractivity (Wildman–Crippen MR) is 103 cm³/mol. The Bertz CT molecular complexity index is 1180. The number of carbonyl (C=O) groups excluding carboxylic acids is 2. The Hall–Kier alpha value is -4.22. The number of hydrogen-bond donors (Lipinski definition) is 2. The molecule has 0 bridgehead atoms. The summed E-state index contributed by atoms with van der Waals surface area (Å²) in [6, 6.07) is 9.04.